The molecule has 0 unspecified atom stereocenters. The summed E-state index contributed by atoms with van der Waals surface area (Å²) < 4.78 is 0. The molecule has 0 fully saturated rings. The molecule has 0 aliphatic rings. The van der Waals surface area contributed by atoms with Gasteiger partial charge < -0.3 is 0 Å². The summed E-state index contributed by atoms with van der Waals surface area (Å²) in [6, 6.07) is 23.6. The molecular formula is C23H12O. The molecule has 0 heterocycles. The van der Waals surface area contributed by atoms with Crippen molar-refractivity contribution in [3.8, 4) is 0 Å². The third-order valence-electron chi connectivity index (χ3n) is 5.41. The Kier molecular flexibility index (Phi) is 2.05. The Hall–Kier alpha value is -3.19. The molecule has 1 heteroatoms. The Balaban J connectivity index is 2.17. The van der Waals surface area contributed by atoms with Crippen molar-refractivity contribution in [3.63, 3.8) is 0 Å². The zero-order valence-electron chi connectivity index (χ0n) is 12.8. The maximum absolute atomic E-state index is 11.7. The molecular weight excluding hydrogens is 292 g/mol. The molecule has 0 saturated heterocycles. The lowest BCUT2D eigenvalue weighted by molar-refractivity contribution is 0.112. The molecule has 0 radical (unpaired) electrons. The van der Waals surface area contributed by atoms with Crippen LogP contribution in [0.1, 0.15) is 10.4 Å². The standard InChI is InChI=1S/C23H12O/c24-12-16-11-15-8-7-13-3-1-5-18-19-6-2-4-14-9-10-17(16)23(21(14)19)22(15)20(13)18/h1-12H. The summed E-state index contributed by atoms with van der Waals surface area (Å²) in [5, 5.41) is 12.3. The molecule has 0 aliphatic carbocycles. The highest BCUT2D eigenvalue weighted by Gasteiger charge is 2.18. The quantitative estimate of drug-likeness (QED) is 0.202. The van der Waals surface area contributed by atoms with Crippen molar-refractivity contribution in [2.75, 3.05) is 0 Å². The SMILES string of the molecule is O=Cc1cc2ccc3cccc4c5cccc6ccc1c(c65)c2c34. The van der Waals surface area contributed by atoms with Gasteiger partial charge in [-0.3, -0.25) is 4.79 Å². The van der Waals surface area contributed by atoms with E-state index in [0.29, 0.717) is 0 Å². The van der Waals surface area contributed by atoms with Gasteiger partial charge in [0.1, 0.15) is 0 Å². The third kappa shape index (κ3) is 1.26. The highest BCUT2D eigenvalue weighted by atomic mass is 16.1. The van der Waals surface area contributed by atoms with Gasteiger partial charge in [-0.25, -0.2) is 0 Å². The summed E-state index contributed by atoms with van der Waals surface area (Å²) in [5.41, 5.74) is 0.771. The van der Waals surface area contributed by atoms with Gasteiger partial charge in [-0.2, -0.15) is 0 Å². The smallest absolute Gasteiger partial charge is 0.150 e. The minimum atomic E-state index is 0.771. The zero-order valence-corrected chi connectivity index (χ0v) is 12.8. The molecule has 0 amide bonds. The number of carbonyl (C=O) groups excluding carboxylic acids is 1. The first-order chi connectivity index (χ1) is 11.9. The van der Waals surface area contributed by atoms with Crippen molar-refractivity contribution in [2.24, 2.45) is 0 Å². The van der Waals surface area contributed by atoms with Gasteiger partial charge in [0.15, 0.2) is 6.29 Å². The lowest BCUT2D eigenvalue weighted by atomic mass is 9.84. The number of benzene rings is 6. The molecule has 24 heavy (non-hydrogen) atoms. The number of rotatable bonds is 1. The molecule has 6 rings (SSSR count). The average molecular weight is 304 g/mol. The molecule has 0 aliphatic heterocycles. The maximum atomic E-state index is 11.7. The van der Waals surface area contributed by atoms with E-state index in [0.717, 1.165) is 22.6 Å². The Morgan fingerprint density at radius 3 is 1.88 bits per heavy atom. The fourth-order valence-electron chi connectivity index (χ4n) is 4.46. The molecule has 6 aromatic carbocycles. The zero-order chi connectivity index (χ0) is 15.8. The van der Waals surface area contributed by atoms with Crippen molar-refractivity contribution >= 4 is 60.1 Å². The van der Waals surface area contributed by atoms with E-state index in [1.165, 1.54) is 43.1 Å². The fraction of sp³-hybridized carbons (Fsp3) is 0. The summed E-state index contributed by atoms with van der Waals surface area (Å²) >= 11 is 0. The highest BCUT2D eigenvalue weighted by molar-refractivity contribution is 6.40. The summed E-state index contributed by atoms with van der Waals surface area (Å²) in [4.78, 5) is 11.7. The first kappa shape index (κ1) is 12.3. The lowest BCUT2D eigenvalue weighted by Crippen LogP contribution is -1.93. The second-order valence-electron chi connectivity index (χ2n) is 6.54. The topological polar surface area (TPSA) is 17.1 Å². The van der Waals surface area contributed by atoms with Crippen LogP contribution in [-0.4, -0.2) is 6.29 Å². The van der Waals surface area contributed by atoms with Gasteiger partial charge in [0.2, 0.25) is 0 Å². The van der Waals surface area contributed by atoms with Gasteiger partial charge >= 0.3 is 0 Å². The van der Waals surface area contributed by atoms with Gasteiger partial charge in [0.25, 0.3) is 0 Å². The molecule has 0 atom stereocenters. The van der Waals surface area contributed by atoms with E-state index in [9.17, 15) is 4.79 Å². The monoisotopic (exact) mass is 304 g/mol. The number of carbonyl (C=O) groups is 1. The third-order valence-corrected chi connectivity index (χ3v) is 5.41. The van der Waals surface area contributed by atoms with Crippen molar-refractivity contribution in [3.05, 3.63) is 72.3 Å². The fourth-order valence-corrected chi connectivity index (χ4v) is 4.46. The van der Waals surface area contributed by atoms with Crippen LogP contribution >= 0.6 is 0 Å². The van der Waals surface area contributed by atoms with Crippen molar-refractivity contribution in [1.29, 1.82) is 0 Å². The average Bonchev–Trinajstić information content (AvgIpc) is 2.65. The minimum absolute atomic E-state index is 0.771. The van der Waals surface area contributed by atoms with E-state index in [1.807, 2.05) is 6.07 Å². The number of fused-ring (bicyclic) bond motifs is 1. The van der Waals surface area contributed by atoms with Crippen LogP contribution in [-0.2, 0) is 0 Å². The van der Waals surface area contributed by atoms with E-state index in [1.54, 1.807) is 0 Å². The van der Waals surface area contributed by atoms with Gasteiger partial charge in [0, 0.05) is 5.56 Å². The molecule has 110 valence electrons. The first-order valence-corrected chi connectivity index (χ1v) is 8.16. The van der Waals surface area contributed by atoms with E-state index < -0.39 is 0 Å². The van der Waals surface area contributed by atoms with Crippen LogP contribution in [0.2, 0.25) is 0 Å². The summed E-state index contributed by atoms with van der Waals surface area (Å²) in [6.45, 7) is 0. The maximum Gasteiger partial charge on any atom is 0.150 e. The Morgan fingerprint density at radius 1 is 0.542 bits per heavy atom. The number of aldehydes is 1. The minimum Gasteiger partial charge on any atom is -0.298 e. The van der Waals surface area contributed by atoms with Gasteiger partial charge in [-0.05, 0) is 59.9 Å². The molecule has 0 aromatic heterocycles. The van der Waals surface area contributed by atoms with Crippen LogP contribution in [0.4, 0.5) is 0 Å². The van der Waals surface area contributed by atoms with Crippen LogP contribution in [0, 0.1) is 0 Å². The molecule has 0 N–H and O–H groups in total. The van der Waals surface area contributed by atoms with Crippen LogP contribution in [0.3, 0.4) is 0 Å². The predicted molar refractivity (Wildman–Crippen MR) is 102 cm³/mol. The van der Waals surface area contributed by atoms with E-state index >= 15 is 0 Å². The molecule has 0 saturated carbocycles. The highest BCUT2D eigenvalue weighted by Crippen LogP contribution is 2.45. The van der Waals surface area contributed by atoms with Crippen LogP contribution in [0.5, 0.6) is 0 Å². The number of hydrogen-bond donors (Lipinski definition) is 0. The lowest BCUT2D eigenvalue weighted by Gasteiger charge is -2.18. The van der Waals surface area contributed by atoms with E-state index in [2.05, 4.69) is 60.7 Å². The first-order valence-electron chi connectivity index (χ1n) is 8.16. The second kappa shape index (κ2) is 4.01. The summed E-state index contributed by atoms with van der Waals surface area (Å²) in [5.74, 6) is 0. The second-order valence-corrected chi connectivity index (χ2v) is 6.54. The molecule has 6 aromatic rings. The van der Waals surface area contributed by atoms with Crippen molar-refractivity contribution in [1.82, 2.24) is 0 Å². The molecule has 1 nitrogen and oxygen atoms in total. The Morgan fingerprint density at radius 2 is 1.17 bits per heavy atom. The largest absolute Gasteiger partial charge is 0.298 e. The van der Waals surface area contributed by atoms with Crippen LogP contribution < -0.4 is 0 Å². The normalized spacial score (nSPS) is 12.3. The van der Waals surface area contributed by atoms with Gasteiger partial charge in [-0.1, -0.05) is 60.7 Å². The van der Waals surface area contributed by atoms with Crippen molar-refractivity contribution < 1.29 is 4.79 Å². The Bertz CT molecular complexity index is 1410. The van der Waals surface area contributed by atoms with E-state index in [-0.39, 0.29) is 0 Å². The van der Waals surface area contributed by atoms with Crippen LogP contribution in [0.15, 0.2) is 66.7 Å². The molecule has 0 spiro atoms. The van der Waals surface area contributed by atoms with Gasteiger partial charge in [-0.15, -0.1) is 0 Å². The van der Waals surface area contributed by atoms with Crippen LogP contribution in [0.25, 0.3) is 53.9 Å². The van der Waals surface area contributed by atoms with E-state index in [4.69, 9.17) is 0 Å². The number of hydrogen-bond acceptors (Lipinski definition) is 1. The summed E-state index contributed by atoms with van der Waals surface area (Å²) in [7, 11) is 0. The Labute approximate surface area is 137 Å². The van der Waals surface area contributed by atoms with Gasteiger partial charge in [0.05, 0.1) is 0 Å². The summed E-state index contributed by atoms with van der Waals surface area (Å²) in [6.07, 6.45) is 0.980. The predicted octanol–water partition coefficient (Wildman–Crippen LogP) is 6.14. The van der Waals surface area contributed by atoms with Crippen molar-refractivity contribution in [2.45, 2.75) is 0 Å². The molecule has 0 bridgehead atoms.